The molecule has 0 aliphatic rings. The highest BCUT2D eigenvalue weighted by Crippen LogP contribution is 2.06. The molecule has 0 amide bonds. The second kappa shape index (κ2) is 7.69. The van der Waals surface area contributed by atoms with Gasteiger partial charge in [0.1, 0.15) is 11.9 Å². The van der Waals surface area contributed by atoms with Gasteiger partial charge in [0.2, 0.25) is 0 Å². The van der Waals surface area contributed by atoms with Gasteiger partial charge in [-0.05, 0) is 30.0 Å². The molecule has 0 unspecified atom stereocenters. The van der Waals surface area contributed by atoms with Gasteiger partial charge in [-0.3, -0.25) is 4.79 Å². The van der Waals surface area contributed by atoms with Gasteiger partial charge in [0, 0.05) is 6.54 Å². The van der Waals surface area contributed by atoms with E-state index in [4.69, 9.17) is 5.11 Å². The zero-order valence-corrected chi connectivity index (χ0v) is 11.3. The smallest absolute Gasteiger partial charge is 0.320 e. The highest BCUT2D eigenvalue weighted by Gasteiger charge is 2.16. The van der Waals surface area contributed by atoms with Crippen LogP contribution in [0.15, 0.2) is 30.3 Å². The Morgan fingerprint density at radius 2 is 2.00 bits per heavy atom. The van der Waals surface area contributed by atoms with E-state index >= 15 is 0 Å². The first kappa shape index (κ1) is 15.4. The van der Waals surface area contributed by atoms with Crippen molar-refractivity contribution in [1.82, 2.24) is 5.32 Å². The number of halogens is 1. The number of carbonyl (C=O) groups is 1. The Bertz CT molecular complexity index is 426. The van der Waals surface area contributed by atoms with Crippen molar-refractivity contribution in [3.05, 3.63) is 41.7 Å². The highest BCUT2D eigenvalue weighted by atomic mass is 19.1. The van der Waals surface area contributed by atoms with Gasteiger partial charge in [-0.25, -0.2) is 4.39 Å². The highest BCUT2D eigenvalue weighted by molar-refractivity contribution is 5.73. The minimum atomic E-state index is -0.830. The molecule has 1 aromatic carbocycles. The molecule has 3 nitrogen and oxygen atoms in total. The summed E-state index contributed by atoms with van der Waals surface area (Å²) in [5.41, 5.74) is 0.888. The van der Waals surface area contributed by atoms with Gasteiger partial charge in [-0.1, -0.05) is 38.1 Å². The standard InChI is InChI=1S/C15H20FNO2/c1-11(2)10-14(15(18)19)17-9-3-4-12-5-7-13(16)8-6-12/h3-8,11,14,17H,9-10H2,1-2H3,(H,18,19)/b4-3+/t14-/m1/s1. The lowest BCUT2D eigenvalue weighted by molar-refractivity contribution is -0.139. The third kappa shape index (κ3) is 6.15. The van der Waals surface area contributed by atoms with Crippen molar-refractivity contribution in [3.8, 4) is 0 Å². The number of carboxylic acid groups (broad SMARTS) is 1. The molecular formula is C15H20FNO2. The SMILES string of the molecule is CC(C)C[C@@H](NC/C=C/c1ccc(F)cc1)C(=O)O. The number of carboxylic acids is 1. The predicted molar refractivity (Wildman–Crippen MR) is 74.3 cm³/mol. The number of benzene rings is 1. The van der Waals surface area contributed by atoms with Gasteiger partial charge in [0.25, 0.3) is 0 Å². The monoisotopic (exact) mass is 265 g/mol. The van der Waals surface area contributed by atoms with Gasteiger partial charge in [-0.2, -0.15) is 0 Å². The molecule has 1 aromatic rings. The summed E-state index contributed by atoms with van der Waals surface area (Å²) < 4.78 is 12.7. The second-order valence-electron chi connectivity index (χ2n) is 4.88. The lowest BCUT2D eigenvalue weighted by Crippen LogP contribution is -2.37. The van der Waals surface area contributed by atoms with Crippen LogP contribution in [0, 0.1) is 11.7 Å². The van der Waals surface area contributed by atoms with Crippen LogP contribution in [0.2, 0.25) is 0 Å². The molecule has 2 N–H and O–H groups in total. The van der Waals surface area contributed by atoms with Crippen molar-refractivity contribution in [2.45, 2.75) is 26.3 Å². The molecule has 1 rings (SSSR count). The molecule has 0 heterocycles. The molecule has 0 saturated heterocycles. The summed E-state index contributed by atoms with van der Waals surface area (Å²) in [5, 5.41) is 12.0. The van der Waals surface area contributed by atoms with Crippen LogP contribution in [0.1, 0.15) is 25.8 Å². The van der Waals surface area contributed by atoms with E-state index in [1.165, 1.54) is 12.1 Å². The fraction of sp³-hybridized carbons (Fsp3) is 0.400. The van der Waals surface area contributed by atoms with E-state index in [1.807, 2.05) is 26.0 Å². The molecule has 0 fully saturated rings. The van der Waals surface area contributed by atoms with Crippen molar-refractivity contribution in [2.24, 2.45) is 5.92 Å². The molecule has 4 heteroatoms. The lowest BCUT2D eigenvalue weighted by Gasteiger charge is -2.15. The molecule has 0 aromatic heterocycles. The summed E-state index contributed by atoms with van der Waals surface area (Å²) in [7, 11) is 0. The van der Waals surface area contributed by atoms with E-state index in [0.717, 1.165) is 5.56 Å². The lowest BCUT2D eigenvalue weighted by atomic mass is 10.0. The Kier molecular flexibility index (Phi) is 6.22. The fourth-order valence-corrected chi connectivity index (χ4v) is 1.72. The molecular weight excluding hydrogens is 245 g/mol. The Morgan fingerprint density at radius 1 is 1.37 bits per heavy atom. The Balaban J connectivity index is 2.43. The maximum Gasteiger partial charge on any atom is 0.320 e. The summed E-state index contributed by atoms with van der Waals surface area (Å²) in [6, 6.07) is 5.61. The Morgan fingerprint density at radius 3 is 2.53 bits per heavy atom. The van der Waals surface area contributed by atoms with Crippen LogP contribution < -0.4 is 5.32 Å². The summed E-state index contributed by atoms with van der Waals surface area (Å²) in [6.45, 7) is 4.46. The van der Waals surface area contributed by atoms with Gasteiger partial charge >= 0.3 is 5.97 Å². The van der Waals surface area contributed by atoms with E-state index in [0.29, 0.717) is 18.9 Å². The summed E-state index contributed by atoms with van der Waals surface area (Å²) in [6.07, 6.45) is 4.27. The van der Waals surface area contributed by atoms with Crippen molar-refractivity contribution >= 4 is 12.0 Å². The predicted octanol–water partition coefficient (Wildman–Crippen LogP) is 2.93. The first-order valence-electron chi connectivity index (χ1n) is 6.37. The molecule has 0 aliphatic carbocycles. The van der Waals surface area contributed by atoms with Gasteiger partial charge in [-0.15, -0.1) is 0 Å². The summed E-state index contributed by atoms with van der Waals surface area (Å²) in [4.78, 5) is 11.0. The minimum absolute atomic E-state index is 0.266. The largest absolute Gasteiger partial charge is 0.480 e. The maximum absolute atomic E-state index is 12.7. The fourth-order valence-electron chi connectivity index (χ4n) is 1.72. The van der Waals surface area contributed by atoms with Crippen LogP contribution in [0.5, 0.6) is 0 Å². The third-order valence-electron chi connectivity index (χ3n) is 2.67. The van der Waals surface area contributed by atoms with Crippen LogP contribution in [0.25, 0.3) is 6.08 Å². The van der Waals surface area contributed by atoms with E-state index in [9.17, 15) is 9.18 Å². The van der Waals surface area contributed by atoms with E-state index in [2.05, 4.69) is 5.32 Å². The van der Waals surface area contributed by atoms with Crippen LogP contribution in [0.4, 0.5) is 4.39 Å². The molecule has 0 radical (unpaired) electrons. The average Bonchev–Trinajstić information content (AvgIpc) is 2.34. The average molecular weight is 265 g/mol. The molecule has 0 aliphatic heterocycles. The van der Waals surface area contributed by atoms with Crippen LogP contribution in [-0.4, -0.2) is 23.7 Å². The van der Waals surface area contributed by atoms with Crippen LogP contribution in [-0.2, 0) is 4.79 Å². The first-order valence-corrected chi connectivity index (χ1v) is 6.37. The van der Waals surface area contributed by atoms with E-state index < -0.39 is 12.0 Å². The topological polar surface area (TPSA) is 49.3 Å². The van der Waals surface area contributed by atoms with Gasteiger partial charge in [0.05, 0.1) is 0 Å². The number of hydrogen-bond acceptors (Lipinski definition) is 2. The van der Waals surface area contributed by atoms with Gasteiger partial charge < -0.3 is 10.4 Å². The Hall–Kier alpha value is -1.68. The normalized spacial score (nSPS) is 13.1. The molecule has 0 spiro atoms. The molecule has 19 heavy (non-hydrogen) atoms. The Labute approximate surface area is 113 Å². The quantitative estimate of drug-likeness (QED) is 0.797. The van der Waals surface area contributed by atoms with Crippen molar-refractivity contribution in [2.75, 3.05) is 6.54 Å². The maximum atomic E-state index is 12.7. The summed E-state index contributed by atoms with van der Waals surface area (Å²) >= 11 is 0. The van der Waals surface area contributed by atoms with Gasteiger partial charge in [0.15, 0.2) is 0 Å². The summed E-state index contributed by atoms with van der Waals surface area (Å²) in [5.74, 6) is -0.767. The van der Waals surface area contributed by atoms with E-state index in [1.54, 1.807) is 12.1 Å². The van der Waals surface area contributed by atoms with E-state index in [-0.39, 0.29) is 5.82 Å². The minimum Gasteiger partial charge on any atom is -0.480 e. The zero-order valence-electron chi connectivity index (χ0n) is 11.3. The molecule has 1 atom stereocenters. The number of rotatable bonds is 7. The van der Waals surface area contributed by atoms with Crippen LogP contribution in [0.3, 0.4) is 0 Å². The second-order valence-corrected chi connectivity index (χ2v) is 4.88. The zero-order chi connectivity index (χ0) is 14.3. The molecule has 0 saturated carbocycles. The van der Waals surface area contributed by atoms with Crippen molar-refractivity contribution in [3.63, 3.8) is 0 Å². The van der Waals surface area contributed by atoms with Crippen LogP contribution >= 0.6 is 0 Å². The molecule has 104 valence electrons. The number of nitrogens with one attached hydrogen (secondary N) is 1. The third-order valence-corrected chi connectivity index (χ3v) is 2.67. The first-order chi connectivity index (χ1) is 8.99. The molecule has 0 bridgehead atoms. The van der Waals surface area contributed by atoms with Crippen molar-refractivity contribution < 1.29 is 14.3 Å². The number of aliphatic carboxylic acids is 1. The number of hydrogen-bond donors (Lipinski definition) is 2. The van der Waals surface area contributed by atoms with Crippen molar-refractivity contribution in [1.29, 1.82) is 0 Å².